The van der Waals surface area contributed by atoms with Gasteiger partial charge in [-0.05, 0) is 30.5 Å². The number of carbonyl (C=O) groups is 1. The molecular weight excluding hydrogens is 302 g/mol. The van der Waals surface area contributed by atoms with E-state index in [1.54, 1.807) is 0 Å². The normalized spacial score (nSPS) is 19.8. The van der Waals surface area contributed by atoms with Crippen molar-refractivity contribution < 1.29 is 9.53 Å². The molecule has 2 fully saturated rings. The third kappa shape index (κ3) is 4.33. The molecule has 1 N–H and O–H groups in total. The fourth-order valence-electron chi connectivity index (χ4n) is 2.76. The number of carbonyl (C=O) groups excluding carboxylic acids is 1. The zero-order valence-corrected chi connectivity index (χ0v) is 13.7. The molecule has 1 amide bonds. The molecule has 1 aliphatic carbocycles. The smallest absolute Gasteiger partial charge is 0.258 e. The van der Waals surface area contributed by atoms with Crippen LogP contribution in [0.1, 0.15) is 35.8 Å². The van der Waals surface area contributed by atoms with Crippen LogP contribution in [0.4, 0.5) is 0 Å². The lowest BCUT2D eigenvalue weighted by Crippen LogP contribution is -2.36. The number of hydrogen-bond acceptors (Lipinski definition) is 4. The van der Waals surface area contributed by atoms with Crippen LogP contribution in [0.3, 0.4) is 0 Å². The van der Waals surface area contributed by atoms with Crippen molar-refractivity contribution in [2.45, 2.75) is 36.3 Å². The van der Waals surface area contributed by atoms with Crippen LogP contribution in [0.15, 0.2) is 24.3 Å². The van der Waals surface area contributed by atoms with Gasteiger partial charge >= 0.3 is 0 Å². The average Bonchev–Trinajstić information content (AvgIpc) is 3.19. The SMILES string of the molecule is O=C(COc1ccc(C2SCCS2)cc1)NC1CCCC1. The molecule has 1 aromatic rings. The highest BCUT2D eigenvalue weighted by atomic mass is 32.2. The molecule has 0 atom stereocenters. The van der Waals surface area contributed by atoms with Crippen molar-refractivity contribution >= 4 is 29.4 Å². The molecule has 21 heavy (non-hydrogen) atoms. The van der Waals surface area contributed by atoms with E-state index in [0.29, 0.717) is 10.6 Å². The highest BCUT2D eigenvalue weighted by Gasteiger charge is 2.19. The van der Waals surface area contributed by atoms with E-state index in [4.69, 9.17) is 4.74 Å². The maximum atomic E-state index is 11.8. The molecule has 5 heteroatoms. The van der Waals surface area contributed by atoms with Crippen molar-refractivity contribution in [3.63, 3.8) is 0 Å². The van der Waals surface area contributed by atoms with E-state index in [1.165, 1.54) is 29.9 Å². The highest BCUT2D eigenvalue weighted by Crippen LogP contribution is 2.45. The topological polar surface area (TPSA) is 38.3 Å². The zero-order valence-electron chi connectivity index (χ0n) is 12.0. The molecule has 0 bridgehead atoms. The molecule has 3 nitrogen and oxygen atoms in total. The highest BCUT2D eigenvalue weighted by molar-refractivity contribution is 8.19. The lowest BCUT2D eigenvalue weighted by molar-refractivity contribution is -0.123. The van der Waals surface area contributed by atoms with Gasteiger partial charge in [-0.3, -0.25) is 4.79 Å². The Bertz CT molecular complexity index is 466. The molecule has 0 aromatic heterocycles. The second kappa shape index (κ2) is 7.45. The summed E-state index contributed by atoms with van der Waals surface area (Å²) in [6, 6.07) is 8.52. The Morgan fingerprint density at radius 1 is 1.14 bits per heavy atom. The molecule has 1 heterocycles. The van der Waals surface area contributed by atoms with Crippen molar-refractivity contribution in [1.29, 1.82) is 0 Å². The number of thioether (sulfide) groups is 2. The second-order valence-electron chi connectivity index (χ2n) is 5.48. The van der Waals surface area contributed by atoms with Crippen molar-refractivity contribution in [2.75, 3.05) is 18.1 Å². The number of nitrogens with one attached hydrogen (secondary N) is 1. The first kappa shape index (κ1) is 15.1. The molecule has 1 aliphatic heterocycles. The molecule has 1 saturated heterocycles. The first-order chi connectivity index (χ1) is 10.3. The average molecular weight is 323 g/mol. The largest absolute Gasteiger partial charge is 0.484 e. The lowest BCUT2D eigenvalue weighted by Gasteiger charge is -2.13. The van der Waals surface area contributed by atoms with Crippen LogP contribution in [0.5, 0.6) is 5.75 Å². The van der Waals surface area contributed by atoms with Crippen molar-refractivity contribution in [3.05, 3.63) is 29.8 Å². The van der Waals surface area contributed by atoms with Gasteiger partial charge in [-0.2, -0.15) is 0 Å². The Balaban J connectivity index is 1.45. The molecule has 3 rings (SSSR count). The van der Waals surface area contributed by atoms with Gasteiger partial charge in [0.15, 0.2) is 6.61 Å². The first-order valence-corrected chi connectivity index (χ1v) is 9.66. The van der Waals surface area contributed by atoms with Gasteiger partial charge < -0.3 is 10.1 Å². The quantitative estimate of drug-likeness (QED) is 0.898. The van der Waals surface area contributed by atoms with Crippen molar-refractivity contribution in [3.8, 4) is 5.75 Å². The predicted octanol–water partition coefficient (Wildman–Crippen LogP) is 3.60. The fourth-order valence-corrected chi connectivity index (χ4v) is 5.62. The fraction of sp³-hybridized carbons (Fsp3) is 0.562. The van der Waals surface area contributed by atoms with Crippen LogP contribution < -0.4 is 10.1 Å². The molecule has 114 valence electrons. The maximum absolute atomic E-state index is 11.8. The molecule has 0 radical (unpaired) electrons. The Labute approximate surface area is 134 Å². The van der Waals surface area contributed by atoms with Gasteiger partial charge in [0.2, 0.25) is 0 Å². The predicted molar refractivity (Wildman–Crippen MR) is 90.0 cm³/mol. The van der Waals surface area contributed by atoms with Gasteiger partial charge in [-0.25, -0.2) is 0 Å². The van der Waals surface area contributed by atoms with Crippen molar-refractivity contribution in [2.24, 2.45) is 0 Å². The van der Waals surface area contributed by atoms with E-state index in [2.05, 4.69) is 17.4 Å². The molecule has 0 spiro atoms. The van der Waals surface area contributed by atoms with Gasteiger partial charge in [0.05, 0.1) is 4.58 Å². The number of ether oxygens (including phenoxy) is 1. The maximum Gasteiger partial charge on any atom is 0.258 e. The number of rotatable bonds is 5. The summed E-state index contributed by atoms with van der Waals surface area (Å²) in [6.07, 6.45) is 4.67. The summed E-state index contributed by atoms with van der Waals surface area (Å²) in [5.74, 6) is 3.23. The van der Waals surface area contributed by atoms with Gasteiger partial charge in [-0.15, -0.1) is 23.5 Å². The summed E-state index contributed by atoms with van der Waals surface area (Å²) in [5, 5.41) is 3.03. The summed E-state index contributed by atoms with van der Waals surface area (Å²) < 4.78 is 6.13. The monoisotopic (exact) mass is 323 g/mol. The summed E-state index contributed by atoms with van der Waals surface area (Å²) >= 11 is 3.99. The van der Waals surface area contributed by atoms with Crippen LogP contribution in [0, 0.1) is 0 Å². The Hall–Kier alpha value is -0.810. The Morgan fingerprint density at radius 3 is 2.48 bits per heavy atom. The second-order valence-corrected chi connectivity index (χ2v) is 8.20. The summed E-state index contributed by atoms with van der Waals surface area (Å²) in [6.45, 7) is 0.114. The minimum atomic E-state index is -0.00659. The summed E-state index contributed by atoms with van der Waals surface area (Å²) in [5.41, 5.74) is 1.34. The third-order valence-corrected chi connectivity index (χ3v) is 6.97. The lowest BCUT2D eigenvalue weighted by atomic mass is 10.2. The third-order valence-electron chi connectivity index (χ3n) is 3.86. The molecule has 1 aromatic carbocycles. The van der Waals surface area contributed by atoms with E-state index in [-0.39, 0.29) is 12.5 Å². The van der Waals surface area contributed by atoms with E-state index in [0.717, 1.165) is 18.6 Å². The molecule has 1 saturated carbocycles. The van der Waals surface area contributed by atoms with Gasteiger partial charge in [0.25, 0.3) is 5.91 Å². The minimum absolute atomic E-state index is 0.00659. The Kier molecular flexibility index (Phi) is 5.36. The van der Waals surface area contributed by atoms with E-state index >= 15 is 0 Å². The number of amides is 1. The van der Waals surface area contributed by atoms with Crippen LogP contribution in [-0.4, -0.2) is 30.1 Å². The van der Waals surface area contributed by atoms with Crippen LogP contribution in [0.2, 0.25) is 0 Å². The molecular formula is C16H21NO2S2. The van der Waals surface area contributed by atoms with Crippen LogP contribution in [-0.2, 0) is 4.79 Å². The number of benzene rings is 1. The van der Waals surface area contributed by atoms with E-state index in [9.17, 15) is 4.79 Å². The zero-order chi connectivity index (χ0) is 14.5. The first-order valence-electron chi connectivity index (χ1n) is 7.56. The van der Waals surface area contributed by atoms with Crippen LogP contribution in [0.25, 0.3) is 0 Å². The number of hydrogen-bond donors (Lipinski definition) is 1. The van der Waals surface area contributed by atoms with Gasteiger partial charge in [0, 0.05) is 17.5 Å². The van der Waals surface area contributed by atoms with E-state index in [1.807, 2.05) is 35.7 Å². The van der Waals surface area contributed by atoms with E-state index < -0.39 is 0 Å². The van der Waals surface area contributed by atoms with Gasteiger partial charge in [0.1, 0.15) is 5.75 Å². The standard InChI is InChI=1S/C16H21NO2S2/c18-15(17-13-3-1-2-4-13)11-19-14-7-5-12(6-8-14)16-20-9-10-21-16/h5-8,13,16H,1-4,9-11H2,(H,17,18). The molecule has 2 aliphatic rings. The minimum Gasteiger partial charge on any atom is -0.484 e. The van der Waals surface area contributed by atoms with Crippen molar-refractivity contribution in [1.82, 2.24) is 5.32 Å². The van der Waals surface area contributed by atoms with Gasteiger partial charge in [-0.1, -0.05) is 25.0 Å². The summed E-state index contributed by atoms with van der Waals surface area (Å²) in [4.78, 5) is 11.8. The van der Waals surface area contributed by atoms with Crippen LogP contribution >= 0.6 is 23.5 Å². The molecule has 0 unspecified atom stereocenters. The summed E-state index contributed by atoms with van der Waals surface area (Å²) in [7, 11) is 0. The Morgan fingerprint density at radius 2 is 1.81 bits per heavy atom.